The Bertz CT molecular complexity index is 486. The van der Waals surface area contributed by atoms with Crippen LogP contribution in [-0.2, 0) is 0 Å². The Hall–Kier alpha value is -1.95. The zero-order chi connectivity index (χ0) is 14.6. The van der Waals surface area contributed by atoms with Gasteiger partial charge >= 0.3 is 0 Å². The predicted octanol–water partition coefficient (Wildman–Crippen LogP) is 1.75. The molecule has 1 aromatic rings. The fraction of sp³-hybridized carbons (Fsp3) is 0.462. The lowest BCUT2D eigenvalue weighted by atomic mass is 10.1. The van der Waals surface area contributed by atoms with Crippen molar-refractivity contribution >= 4 is 11.6 Å². The average molecular weight is 266 g/mol. The van der Waals surface area contributed by atoms with Crippen molar-refractivity contribution in [3.63, 3.8) is 0 Å². The lowest BCUT2D eigenvalue weighted by Gasteiger charge is -2.26. The van der Waals surface area contributed by atoms with E-state index in [-0.39, 0.29) is 30.8 Å². The zero-order valence-electron chi connectivity index (χ0n) is 11.3. The minimum atomic E-state index is -0.491. The van der Waals surface area contributed by atoms with Gasteiger partial charge in [0.05, 0.1) is 11.5 Å². The second-order valence-corrected chi connectivity index (χ2v) is 4.57. The number of carbonyl (C=O) groups is 1. The number of rotatable bonds is 5. The summed E-state index contributed by atoms with van der Waals surface area (Å²) in [5, 5.41) is 19.6. The van der Waals surface area contributed by atoms with Gasteiger partial charge in [-0.15, -0.1) is 0 Å². The van der Waals surface area contributed by atoms with Crippen molar-refractivity contribution in [1.82, 2.24) is 4.90 Å². The number of hydrogen-bond donors (Lipinski definition) is 1. The highest BCUT2D eigenvalue weighted by molar-refractivity contribution is 5.96. The first-order valence-electron chi connectivity index (χ1n) is 6.05. The smallest absolute Gasteiger partial charge is 0.269 e. The lowest BCUT2D eigenvalue weighted by Crippen LogP contribution is -2.39. The number of non-ortho nitro benzene ring substituents is 1. The molecule has 0 saturated heterocycles. The molecule has 0 fully saturated rings. The average Bonchev–Trinajstić information content (AvgIpc) is 2.34. The topological polar surface area (TPSA) is 83.7 Å². The van der Waals surface area contributed by atoms with Crippen LogP contribution < -0.4 is 0 Å². The van der Waals surface area contributed by atoms with E-state index < -0.39 is 4.92 Å². The van der Waals surface area contributed by atoms with Crippen LogP contribution >= 0.6 is 0 Å². The molecule has 0 unspecified atom stereocenters. The van der Waals surface area contributed by atoms with E-state index in [1.807, 2.05) is 13.8 Å². The van der Waals surface area contributed by atoms with Gasteiger partial charge in [0.1, 0.15) is 0 Å². The Morgan fingerprint density at radius 3 is 2.53 bits per heavy atom. The Labute approximate surface area is 111 Å². The maximum absolute atomic E-state index is 12.3. The third kappa shape index (κ3) is 3.51. The molecule has 104 valence electrons. The molecule has 0 aliphatic heterocycles. The van der Waals surface area contributed by atoms with Crippen LogP contribution in [0.15, 0.2) is 18.2 Å². The molecular formula is C13H18N2O4. The van der Waals surface area contributed by atoms with Crippen LogP contribution in [0.1, 0.15) is 29.8 Å². The van der Waals surface area contributed by atoms with Gasteiger partial charge in [0.15, 0.2) is 0 Å². The lowest BCUT2D eigenvalue weighted by molar-refractivity contribution is -0.384. The normalized spacial score (nSPS) is 10.6. The highest BCUT2D eigenvalue weighted by Crippen LogP contribution is 2.19. The van der Waals surface area contributed by atoms with Crippen LogP contribution in [0, 0.1) is 17.0 Å². The minimum absolute atomic E-state index is 0.0349. The summed E-state index contributed by atoms with van der Waals surface area (Å²) < 4.78 is 0. The molecule has 0 atom stereocenters. The minimum Gasteiger partial charge on any atom is -0.395 e. The molecule has 0 aliphatic carbocycles. The number of benzene rings is 1. The number of nitro benzene ring substituents is 1. The van der Waals surface area contributed by atoms with Crippen molar-refractivity contribution in [2.45, 2.75) is 26.8 Å². The first-order valence-corrected chi connectivity index (χ1v) is 6.05. The number of nitrogens with zero attached hydrogens (tertiary/aromatic N) is 2. The highest BCUT2D eigenvalue weighted by Gasteiger charge is 2.21. The molecule has 0 spiro atoms. The SMILES string of the molecule is Cc1cc([N+](=O)[O-])ccc1C(=O)N(CCO)C(C)C. The van der Waals surface area contributed by atoms with E-state index in [0.717, 1.165) is 0 Å². The predicted molar refractivity (Wildman–Crippen MR) is 71.1 cm³/mol. The van der Waals surface area contributed by atoms with Crippen LogP contribution in [0.4, 0.5) is 5.69 Å². The van der Waals surface area contributed by atoms with Crippen LogP contribution in [-0.4, -0.2) is 40.0 Å². The van der Waals surface area contributed by atoms with Crippen LogP contribution in [0.3, 0.4) is 0 Å². The number of aryl methyl sites for hydroxylation is 1. The third-order valence-electron chi connectivity index (χ3n) is 2.88. The summed E-state index contributed by atoms with van der Waals surface area (Å²) in [5.41, 5.74) is 0.947. The van der Waals surface area contributed by atoms with Gasteiger partial charge in [-0.05, 0) is 32.4 Å². The molecule has 19 heavy (non-hydrogen) atoms. The van der Waals surface area contributed by atoms with E-state index in [1.165, 1.54) is 23.1 Å². The van der Waals surface area contributed by atoms with Crippen molar-refractivity contribution in [3.8, 4) is 0 Å². The highest BCUT2D eigenvalue weighted by atomic mass is 16.6. The van der Waals surface area contributed by atoms with Crippen molar-refractivity contribution < 1.29 is 14.8 Å². The molecule has 0 bridgehead atoms. The first-order chi connectivity index (χ1) is 8.88. The van der Waals surface area contributed by atoms with Crippen LogP contribution in [0.2, 0.25) is 0 Å². The number of nitro groups is 1. The van der Waals surface area contributed by atoms with Gasteiger partial charge in [-0.25, -0.2) is 0 Å². The van der Waals surface area contributed by atoms with Crippen molar-refractivity contribution in [3.05, 3.63) is 39.4 Å². The fourth-order valence-electron chi connectivity index (χ4n) is 1.86. The molecule has 1 rings (SSSR count). The number of aliphatic hydroxyl groups is 1. The maximum atomic E-state index is 12.3. The Kier molecular flexibility index (Phi) is 5.00. The Morgan fingerprint density at radius 1 is 1.47 bits per heavy atom. The van der Waals surface area contributed by atoms with Crippen molar-refractivity contribution in [1.29, 1.82) is 0 Å². The number of carbonyl (C=O) groups excluding carboxylic acids is 1. The molecule has 6 nitrogen and oxygen atoms in total. The Morgan fingerprint density at radius 2 is 2.11 bits per heavy atom. The van der Waals surface area contributed by atoms with Gasteiger partial charge < -0.3 is 10.0 Å². The molecule has 0 radical (unpaired) electrons. The molecule has 0 heterocycles. The third-order valence-corrected chi connectivity index (χ3v) is 2.88. The Balaban J connectivity index is 3.08. The summed E-state index contributed by atoms with van der Waals surface area (Å²) in [4.78, 5) is 24.0. The quantitative estimate of drug-likeness (QED) is 0.650. The fourth-order valence-corrected chi connectivity index (χ4v) is 1.86. The van der Waals surface area contributed by atoms with E-state index in [1.54, 1.807) is 6.92 Å². The van der Waals surface area contributed by atoms with E-state index in [4.69, 9.17) is 5.11 Å². The van der Waals surface area contributed by atoms with Crippen LogP contribution in [0.5, 0.6) is 0 Å². The monoisotopic (exact) mass is 266 g/mol. The maximum Gasteiger partial charge on any atom is 0.269 e. The van der Waals surface area contributed by atoms with E-state index >= 15 is 0 Å². The standard InChI is InChI=1S/C13H18N2O4/c1-9(2)14(6-7-16)13(17)12-5-4-11(15(18)19)8-10(12)3/h4-5,8-9,16H,6-7H2,1-3H3. The molecule has 1 aromatic carbocycles. The van der Waals surface area contributed by atoms with E-state index in [2.05, 4.69) is 0 Å². The molecule has 1 amide bonds. The molecule has 0 aromatic heterocycles. The van der Waals surface area contributed by atoms with Crippen molar-refractivity contribution in [2.24, 2.45) is 0 Å². The van der Waals surface area contributed by atoms with Gasteiger partial charge in [-0.3, -0.25) is 14.9 Å². The molecule has 6 heteroatoms. The number of hydrogen-bond acceptors (Lipinski definition) is 4. The van der Waals surface area contributed by atoms with Gasteiger partial charge in [-0.1, -0.05) is 0 Å². The van der Waals surface area contributed by atoms with Gasteiger partial charge in [-0.2, -0.15) is 0 Å². The summed E-state index contributed by atoms with van der Waals surface area (Å²) in [5.74, 6) is -0.226. The summed E-state index contributed by atoms with van der Waals surface area (Å²) in [6.45, 7) is 5.50. The largest absolute Gasteiger partial charge is 0.395 e. The summed E-state index contributed by atoms with van der Waals surface area (Å²) in [7, 11) is 0. The second kappa shape index (κ2) is 6.29. The molecule has 0 saturated carbocycles. The molecular weight excluding hydrogens is 248 g/mol. The number of aliphatic hydroxyl groups excluding tert-OH is 1. The molecule has 1 N–H and O–H groups in total. The second-order valence-electron chi connectivity index (χ2n) is 4.57. The van der Waals surface area contributed by atoms with E-state index in [9.17, 15) is 14.9 Å². The van der Waals surface area contributed by atoms with Gasteiger partial charge in [0.25, 0.3) is 11.6 Å². The van der Waals surface area contributed by atoms with Gasteiger partial charge in [0.2, 0.25) is 0 Å². The van der Waals surface area contributed by atoms with Crippen molar-refractivity contribution in [2.75, 3.05) is 13.2 Å². The summed E-state index contributed by atoms with van der Waals surface area (Å²) >= 11 is 0. The number of amides is 1. The first kappa shape index (κ1) is 15.1. The molecule has 0 aliphatic rings. The van der Waals surface area contributed by atoms with Crippen LogP contribution in [0.25, 0.3) is 0 Å². The summed E-state index contributed by atoms with van der Waals surface area (Å²) in [6, 6.07) is 4.11. The van der Waals surface area contributed by atoms with Gasteiger partial charge in [0, 0.05) is 30.3 Å². The zero-order valence-corrected chi connectivity index (χ0v) is 11.3. The summed E-state index contributed by atoms with van der Waals surface area (Å²) in [6.07, 6.45) is 0. The van der Waals surface area contributed by atoms with E-state index in [0.29, 0.717) is 11.1 Å².